The summed E-state index contributed by atoms with van der Waals surface area (Å²) in [6.07, 6.45) is 3.12. The fourth-order valence-corrected chi connectivity index (χ4v) is 2.35. The first-order chi connectivity index (χ1) is 8.04. The lowest BCUT2D eigenvalue weighted by molar-refractivity contribution is -0.0975. The van der Waals surface area contributed by atoms with Gasteiger partial charge in [-0.25, -0.2) is 4.98 Å². The molecule has 4 heteroatoms. The normalized spacial score (nSPS) is 26.3. The van der Waals surface area contributed by atoms with Crippen LogP contribution in [0.3, 0.4) is 0 Å². The van der Waals surface area contributed by atoms with Gasteiger partial charge in [0.15, 0.2) is 0 Å². The molecule has 0 aliphatic heterocycles. The molecular weight excluding hydrogens is 214 g/mol. The van der Waals surface area contributed by atoms with Crippen molar-refractivity contribution in [1.82, 2.24) is 4.98 Å². The van der Waals surface area contributed by atoms with Crippen molar-refractivity contribution in [3.05, 3.63) is 18.3 Å². The molecule has 1 aromatic heterocycles. The highest BCUT2D eigenvalue weighted by atomic mass is 16.5. The second-order valence-electron chi connectivity index (χ2n) is 5.17. The van der Waals surface area contributed by atoms with Crippen LogP contribution in [0.2, 0.25) is 0 Å². The van der Waals surface area contributed by atoms with Gasteiger partial charge in [0.2, 0.25) is 0 Å². The average molecular weight is 235 g/mol. The highest BCUT2D eigenvalue weighted by molar-refractivity contribution is 5.51. The van der Waals surface area contributed by atoms with Crippen LogP contribution in [-0.4, -0.2) is 23.7 Å². The number of hydrogen-bond acceptors (Lipinski definition) is 4. The molecule has 0 bridgehead atoms. The summed E-state index contributed by atoms with van der Waals surface area (Å²) in [5.74, 6) is 0.550. The third-order valence-corrected chi connectivity index (χ3v) is 3.67. The van der Waals surface area contributed by atoms with Gasteiger partial charge in [-0.05, 0) is 19.4 Å². The molecule has 1 fully saturated rings. The first-order valence-electron chi connectivity index (χ1n) is 6.13. The Kier molecular flexibility index (Phi) is 3.24. The van der Waals surface area contributed by atoms with Crippen LogP contribution < -0.4 is 11.1 Å². The Morgan fingerprint density at radius 1 is 1.59 bits per heavy atom. The highest BCUT2D eigenvalue weighted by Gasteiger charge is 2.48. The van der Waals surface area contributed by atoms with E-state index in [-0.39, 0.29) is 5.41 Å². The minimum Gasteiger partial charge on any atom is -0.384 e. The standard InChI is InChI=1S/C13H21N3O/c1-4-17-11-8-10(13(11,2)3)16-9-5-6-15-12(14)7-9/h5-7,10-11H,4,8H2,1-3H3,(H3,14,15,16). The highest BCUT2D eigenvalue weighted by Crippen LogP contribution is 2.44. The molecule has 0 spiro atoms. The van der Waals surface area contributed by atoms with Crippen LogP contribution >= 0.6 is 0 Å². The number of nitrogens with zero attached hydrogens (tertiary/aromatic N) is 1. The smallest absolute Gasteiger partial charge is 0.125 e. The van der Waals surface area contributed by atoms with E-state index in [1.54, 1.807) is 6.20 Å². The molecule has 1 heterocycles. The van der Waals surface area contributed by atoms with E-state index in [0.29, 0.717) is 18.0 Å². The van der Waals surface area contributed by atoms with Crippen molar-refractivity contribution in [1.29, 1.82) is 0 Å². The van der Waals surface area contributed by atoms with Gasteiger partial charge in [0, 0.05) is 36.0 Å². The number of anilines is 2. The van der Waals surface area contributed by atoms with Crippen molar-refractivity contribution in [2.75, 3.05) is 17.7 Å². The lowest BCUT2D eigenvalue weighted by Gasteiger charge is -2.52. The third-order valence-electron chi connectivity index (χ3n) is 3.67. The molecule has 0 amide bonds. The van der Waals surface area contributed by atoms with E-state index in [1.807, 2.05) is 19.1 Å². The van der Waals surface area contributed by atoms with E-state index in [2.05, 4.69) is 24.1 Å². The molecule has 0 saturated heterocycles. The van der Waals surface area contributed by atoms with E-state index < -0.39 is 0 Å². The molecule has 3 N–H and O–H groups in total. The summed E-state index contributed by atoms with van der Waals surface area (Å²) in [7, 11) is 0. The van der Waals surface area contributed by atoms with Gasteiger partial charge in [-0.2, -0.15) is 0 Å². The number of nitrogens with one attached hydrogen (secondary N) is 1. The number of pyridine rings is 1. The van der Waals surface area contributed by atoms with Crippen LogP contribution in [0, 0.1) is 5.41 Å². The number of nitrogen functional groups attached to an aromatic ring is 1. The summed E-state index contributed by atoms with van der Waals surface area (Å²) in [6, 6.07) is 4.24. The average Bonchev–Trinajstić information content (AvgIpc) is 2.28. The summed E-state index contributed by atoms with van der Waals surface area (Å²) in [5.41, 5.74) is 6.85. The van der Waals surface area contributed by atoms with E-state index >= 15 is 0 Å². The van der Waals surface area contributed by atoms with Crippen molar-refractivity contribution < 1.29 is 4.74 Å². The number of aromatic nitrogens is 1. The summed E-state index contributed by atoms with van der Waals surface area (Å²) >= 11 is 0. The van der Waals surface area contributed by atoms with E-state index in [9.17, 15) is 0 Å². The molecule has 1 saturated carbocycles. The van der Waals surface area contributed by atoms with Crippen molar-refractivity contribution in [2.45, 2.75) is 39.3 Å². The van der Waals surface area contributed by atoms with Crippen LogP contribution in [0.4, 0.5) is 11.5 Å². The Balaban J connectivity index is 1.98. The molecule has 1 aromatic rings. The maximum absolute atomic E-state index is 5.71. The fraction of sp³-hybridized carbons (Fsp3) is 0.615. The number of rotatable bonds is 4. The number of hydrogen-bond donors (Lipinski definition) is 2. The quantitative estimate of drug-likeness (QED) is 0.840. The molecule has 2 unspecified atom stereocenters. The predicted octanol–water partition coefficient (Wildman–Crippen LogP) is 2.28. The third kappa shape index (κ3) is 2.36. The van der Waals surface area contributed by atoms with E-state index in [1.165, 1.54) is 0 Å². The van der Waals surface area contributed by atoms with Gasteiger partial charge in [-0.1, -0.05) is 13.8 Å². The van der Waals surface area contributed by atoms with Gasteiger partial charge in [0.25, 0.3) is 0 Å². The summed E-state index contributed by atoms with van der Waals surface area (Å²) < 4.78 is 5.71. The first kappa shape index (κ1) is 12.2. The molecule has 4 nitrogen and oxygen atoms in total. The molecule has 1 aliphatic rings. The van der Waals surface area contributed by atoms with Crippen LogP contribution in [0.15, 0.2) is 18.3 Å². The van der Waals surface area contributed by atoms with E-state index in [4.69, 9.17) is 10.5 Å². The maximum Gasteiger partial charge on any atom is 0.125 e. The summed E-state index contributed by atoms with van der Waals surface area (Å²) in [5, 5.41) is 3.50. The summed E-state index contributed by atoms with van der Waals surface area (Å²) in [4.78, 5) is 3.98. The van der Waals surface area contributed by atoms with Gasteiger partial charge in [-0.15, -0.1) is 0 Å². The monoisotopic (exact) mass is 235 g/mol. The maximum atomic E-state index is 5.71. The van der Waals surface area contributed by atoms with Crippen LogP contribution in [0.25, 0.3) is 0 Å². The second-order valence-corrected chi connectivity index (χ2v) is 5.17. The largest absolute Gasteiger partial charge is 0.384 e. The SMILES string of the molecule is CCOC1CC(Nc2ccnc(N)c2)C1(C)C. The fourth-order valence-electron chi connectivity index (χ4n) is 2.35. The van der Waals surface area contributed by atoms with E-state index in [0.717, 1.165) is 18.7 Å². The van der Waals surface area contributed by atoms with Gasteiger partial charge >= 0.3 is 0 Å². The zero-order valence-corrected chi connectivity index (χ0v) is 10.7. The van der Waals surface area contributed by atoms with Crippen molar-refractivity contribution in [3.8, 4) is 0 Å². The zero-order chi connectivity index (χ0) is 12.5. The minimum absolute atomic E-state index is 0.161. The van der Waals surface area contributed by atoms with Gasteiger partial charge in [-0.3, -0.25) is 0 Å². The predicted molar refractivity (Wildman–Crippen MR) is 69.9 cm³/mol. The van der Waals surface area contributed by atoms with Crippen molar-refractivity contribution in [3.63, 3.8) is 0 Å². The number of nitrogens with two attached hydrogens (primary N) is 1. The molecule has 0 radical (unpaired) electrons. The summed E-state index contributed by atoms with van der Waals surface area (Å²) in [6.45, 7) is 7.29. The molecule has 94 valence electrons. The van der Waals surface area contributed by atoms with Gasteiger partial charge in [0.1, 0.15) is 5.82 Å². The zero-order valence-electron chi connectivity index (χ0n) is 10.7. The van der Waals surface area contributed by atoms with Crippen molar-refractivity contribution in [2.24, 2.45) is 5.41 Å². The van der Waals surface area contributed by atoms with Gasteiger partial charge < -0.3 is 15.8 Å². The Morgan fingerprint density at radius 3 is 2.94 bits per heavy atom. The van der Waals surface area contributed by atoms with Crippen LogP contribution in [-0.2, 0) is 4.74 Å². The Hall–Kier alpha value is -1.29. The molecule has 1 aliphatic carbocycles. The lowest BCUT2D eigenvalue weighted by atomic mass is 9.64. The second kappa shape index (κ2) is 4.53. The Bertz CT molecular complexity index is 392. The topological polar surface area (TPSA) is 60.2 Å². The molecule has 0 aromatic carbocycles. The molecular formula is C13H21N3O. The minimum atomic E-state index is 0.161. The first-order valence-corrected chi connectivity index (χ1v) is 6.13. The van der Waals surface area contributed by atoms with Crippen LogP contribution in [0.5, 0.6) is 0 Å². The molecule has 17 heavy (non-hydrogen) atoms. The number of ether oxygens (including phenoxy) is 1. The lowest BCUT2D eigenvalue weighted by Crippen LogP contribution is -2.58. The van der Waals surface area contributed by atoms with Crippen molar-refractivity contribution >= 4 is 11.5 Å². The van der Waals surface area contributed by atoms with Crippen LogP contribution in [0.1, 0.15) is 27.2 Å². The Morgan fingerprint density at radius 2 is 2.35 bits per heavy atom. The Labute approximate surface area is 103 Å². The molecule has 2 rings (SSSR count). The van der Waals surface area contributed by atoms with Gasteiger partial charge in [0.05, 0.1) is 6.10 Å². The molecule has 2 atom stereocenters.